The van der Waals surface area contributed by atoms with Crippen LogP contribution in [0, 0.1) is 0 Å². The quantitative estimate of drug-likeness (QED) is 0.408. The van der Waals surface area contributed by atoms with E-state index in [4.69, 9.17) is 26.0 Å². The molecule has 0 saturated carbocycles. The second-order valence-electron chi connectivity index (χ2n) is 3.13. The van der Waals surface area contributed by atoms with E-state index in [2.05, 4.69) is 10.6 Å². The Kier molecular flexibility index (Phi) is 6.90. The normalized spacial score (nSPS) is 10.5. The zero-order valence-corrected chi connectivity index (χ0v) is 10.4. The lowest BCUT2D eigenvalue weighted by Crippen LogP contribution is -2.03. The first-order chi connectivity index (χ1) is 8.33. The highest BCUT2D eigenvalue weighted by atomic mass is 35.5. The van der Waals surface area contributed by atoms with Gasteiger partial charge in [-0.3, -0.25) is 0 Å². The van der Waals surface area contributed by atoms with Gasteiger partial charge in [0.25, 0.3) is 0 Å². The van der Waals surface area contributed by atoms with Crippen LogP contribution in [0.15, 0.2) is 34.8 Å². The van der Waals surface area contributed by atoms with E-state index in [1.165, 1.54) is 0 Å². The van der Waals surface area contributed by atoms with Crippen LogP contribution in [-0.2, 0) is 9.68 Å². The summed E-state index contributed by atoms with van der Waals surface area (Å²) in [5.41, 5.74) is 0. The van der Waals surface area contributed by atoms with Crippen molar-refractivity contribution in [2.24, 2.45) is 10.6 Å². The van der Waals surface area contributed by atoms with Gasteiger partial charge in [-0.05, 0) is 30.7 Å². The van der Waals surface area contributed by atoms with Crippen molar-refractivity contribution in [3.63, 3.8) is 0 Å². The fourth-order valence-corrected chi connectivity index (χ4v) is 1.07. The second kappa shape index (κ2) is 8.64. The minimum atomic E-state index is 0.307. The topological polar surface area (TPSA) is 52.4 Å². The standard InChI is InChI=1S/C11H15ClN2O3/c1-2-7-16-13-14-17-9-8-15-11-5-3-10(12)4-6-11/h3-6H,2,7-9H2,1H3/b14-13+. The number of benzene rings is 1. The maximum absolute atomic E-state index is 5.73. The molecule has 0 aromatic heterocycles. The van der Waals surface area contributed by atoms with Crippen LogP contribution in [0.2, 0.25) is 5.02 Å². The van der Waals surface area contributed by atoms with Crippen LogP contribution in [0.3, 0.4) is 0 Å². The first-order valence-electron chi connectivity index (χ1n) is 5.35. The van der Waals surface area contributed by atoms with Crippen molar-refractivity contribution < 1.29 is 14.4 Å². The molecule has 0 fully saturated rings. The zero-order valence-electron chi connectivity index (χ0n) is 9.63. The number of hydrogen-bond donors (Lipinski definition) is 0. The van der Waals surface area contributed by atoms with Crippen LogP contribution >= 0.6 is 11.6 Å². The molecule has 1 aromatic rings. The molecule has 0 N–H and O–H groups in total. The van der Waals surface area contributed by atoms with Gasteiger partial charge in [-0.25, -0.2) is 0 Å². The molecular weight excluding hydrogens is 244 g/mol. The number of ether oxygens (including phenoxy) is 1. The molecule has 5 nitrogen and oxygen atoms in total. The van der Waals surface area contributed by atoms with Crippen molar-refractivity contribution in [3.8, 4) is 5.75 Å². The molecule has 0 aliphatic rings. The maximum Gasteiger partial charge on any atom is 0.153 e. The SMILES string of the molecule is CCCO/N=N/OCCOc1ccc(Cl)cc1. The predicted octanol–water partition coefficient (Wildman–Crippen LogP) is 3.44. The first-order valence-corrected chi connectivity index (χ1v) is 5.73. The van der Waals surface area contributed by atoms with Crippen LogP contribution in [0.5, 0.6) is 5.75 Å². The maximum atomic E-state index is 5.73. The highest BCUT2D eigenvalue weighted by Gasteiger charge is 1.93. The monoisotopic (exact) mass is 258 g/mol. The lowest BCUT2D eigenvalue weighted by Gasteiger charge is -2.04. The van der Waals surface area contributed by atoms with E-state index in [0.717, 1.165) is 12.2 Å². The van der Waals surface area contributed by atoms with Gasteiger partial charge in [0.05, 0.1) is 10.6 Å². The Hall–Kier alpha value is -1.49. The molecule has 1 rings (SSSR count). The van der Waals surface area contributed by atoms with E-state index in [1.807, 2.05) is 6.92 Å². The number of halogens is 1. The fraction of sp³-hybridized carbons (Fsp3) is 0.455. The van der Waals surface area contributed by atoms with Crippen molar-refractivity contribution in [1.29, 1.82) is 0 Å². The summed E-state index contributed by atoms with van der Waals surface area (Å²) in [6.45, 7) is 3.21. The summed E-state index contributed by atoms with van der Waals surface area (Å²) in [5.74, 6) is 0.733. The van der Waals surface area contributed by atoms with E-state index >= 15 is 0 Å². The Labute approximate surface area is 105 Å². The Morgan fingerprint density at radius 1 is 1.00 bits per heavy atom. The second-order valence-corrected chi connectivity index (χ2v) is 3.57. The van der Waals surface area contributed by atoms with Crippen LogP contribution < -0.4 is 4.74 Å². The van der Waals surface area contributed by atoms with Gasteiger partial charge in [-0.1, -0.05) is 18.5 Å². The molecule has 94 valence electrons. The van der Waals surface area contributed by atoms with E-state index in [9.17, 15) is 0 Å². The first kappa shape index (κ1) is 13.6. The number of rotatable bonds is 8. The third kappa shape index (κ3) is 6.63. The van der Waals surface area contributed by atoms with Gasteiger partial charge >= 0.3 is 0 Å². The largest absolute Gasteiger partial charge is 0.490 e. The average molecular weight is 259 g/mol. The Bertz CT molecular complexity index is 330. The van der Waals surface area contributed by atoms with Crippen LogP contribution in [0.1, 0.15) is 13.3 Å². The number of hydrogen-bond acceptors (Lipinski definition) is 5. The minimum Gasteiger partial charge on any atom is -0.490 e. The molecule has 6 heteroatoms. The van der Waals surface area contributed by atoms with Crippen molar-refractivity contribution in [3.05, 3.63) is 29.3 Å². The van der Waals surface area contributed by atoms with Gasteiger partial charge in [0, 0.05) is 5.02 Å². The van der Waals surface area contributed by atoms with Gasteiger partial charge in [0.15, 0.2) is 6.61 Å². The molecule has 0 atom stereocenters. The summed E-state index contributed by atoms with van der Waals surface area (Å²) in [4.78, 5) is 9.55. The third-order valence-electron chi connectivity index (χ3n) is 1.70. The summed E-state index contributed by atoms with van der Waals surface area (Å²) in [6.07, 6.45) is 0.888. The molecule has 1 aromatic carbocycles. The van der Waals surface area contributed by atoms with E-state index in [1.54, 1.807) is 24.3 Å². The molecule has 0 unspecified atom stereocenters. The molecule has 0 amide bonds. The molecule has 0 spiro atoms. The van der Waals surface area contributed by atoms with E-state index in [-0.39, 0.29) is 0 Å². The van der Waals surface area contributed by atoms with Crippen molar-refractivity contribution >= 4 is 11.6 Å². The molecule has 0 heterocycles. The van der Waals surface area contributed by atoms with Crippen LogP contribution in [0.4, 0.5) is 0 Å². The third-order valence-corrected chi connectivity index (χ3v) is 1.95. The van der Waals surface area contributed by atoms with Crippen molar-refractivity contribution in [2.75, 3.05) is 19.8 Å². The predicted molar refractivity (Wildman–Crippen MR) is 64.0 cm³/mol. The van der Waals surface area contributed by atoms with Crippen LogP contribution in [-0.4, -0.2) is 19.8 Å². The lowest BCUT2D eigenvalue weighted by molar-refractivity contribution is 0.0301. The van der Waals surface area contributed by atoms with Crippen molar-refractivity contribution in [2.45, 2.75) is 13.3 Å². The summed E-state index contributed by atoms with van der Waals surface area (Å²) in [5, 5.41) is 7.38. The zero-order chi connectivity index (χ0) is 12.3. The van der Waals surface area contributed by atoms with E-state index in [0.29, 0.717) is 24.8 Å². The summed E-state index contributed by atoms with van der Waals surface area (Å²) >= 11 is 5.73. The lowest BCUT2D eigenvalue weighted by atomic mass is 10.3. The van der Waals surface area contributed by atoms with Gasteiger partial charge < -0.3 is 14.4 Å². The van der Waals surface area contributed by atoms with Gasteiger partial charge in [0.1, 0.15) is 19.0 Å². The summed E-state index contributed by atoms with van der Waals surface area (Å²) in [6, 6.07) is 7.09. The highest BCUT2D eigenvalue weighted by Crippen LogP contribution is 2.15. The molecule has 0 aliphatic carbocycles. The van der Waals surface area contributed by atoms with Crippen molar-refractivity contribution in [1.82, 2.24) is 0 Å². The Morgan fingerprint density at radius 2 is 1.65 bits per heavy atom. The van der Waals surface area contributed by atoms with Gasteiger partial charge in [-0.2, -0.15) is 0 Å². The number of nitrogens with zero attached hydrogens (tertiary/aromatic N) is 2. The summed E-state index contributed by atoms with van der Waals surface area (Å²) < 4.78 is 5.36. The van der Waals surface area contributed by atoms with E-state index < -0.39 is 0 Å². The molecule has 17 heavy (non-hydrogen) atoms. The average Bonchev–Trinajstić information content (AvgIpc) is 2.35. The van der Waals surface area contributed by atoms with Gasteiger partial charge in [0.2, 0.25) is 0 Å². The molecule has 0 radical (unpaired) electrons. The minimum absolute atomic E-state index is 0.307. The Balaban J connectivity index is 2.04. The smallest absolute Gasteiger partial charge is 0.153 e. The van der Waals surface area contributed by atoms with Gasteiger partial charge in [-0.15, -0.1) is 0 Å². The molecule has 0 saturated heterocycles. The highest BCUT2D eigenvalue weighted by molar-refractivity contribution is 6.30. The molecule has 0 bridgehead atoms. The fourth-order valence-electron chi connectivity index (χ4n) is 0.948. The summed E-state index contributed by atoms with van der Waals surface area (Å²) in [7, 11) is 0. The van der Waals surface area contributed by atoms with Crippen LogP contribution in [0.25, 0.3) is 0 Å². The Morgan fingerprint density at radius 3 is 2.29 bits per heavy atom. The molecule has 0 aliphatic heterocycles. The molecular formula is C11H15ClN2O3.